The van der Waals surface area contributed by atoms with Crippen molar-refractivity contribution >= 4 is 11.6 Å². The standard InChI is InChI=1S/C29H30N4O4/c1-35-24-17-22(18-25(36-2)27(24)37-19-20-10-5-3-6-11-20)29(34)30-23-13-9-12-21(16-23)28-32-31-26-14-7-4-8-15-33(26)28/h3,5-6,9-13,16-18H,4,7-8,14-15,19H2,1-2H3,(H,30,34). The fraction of sp³-hybridized carbons (Fsp3) is 0.276. The molecule has 1 aromatic heterocycles. The second-order valence-corrected chi connectivity index (χ2v) is 8.92. The number of benzene rings is 3. The Morgan fingerprint density at radius 1 is 0.919 bits per heavy atom. The van der Waals surface area contributed by atoms with E-state index in [-0.39, 0.29) is 5.91 Å². The number of aryl methyl sites for hydroxylation is 1. The lowest BCUT2D eigenvalue weighted by atomic mass is 10.1. The first-order chi connectivity index (χ1) is 18.2. The molecule has 1 amide bonds. The molecule has 1 N–H and O–H groups in total. The molecule has 0 fully saturated rings. The second-order valence-electron chi connectivity index (χ2n) is 8.92. The third-order valence-corrected chi connectivity index (χ3v) is 6.44. The maximum Gasteiger partial charge on any atom is 0.255 e. The topological polar surface area (TPSA) is 87.5 Å². The molecule has 0 saturated heterocycles. The van der Waals surface area contributed by atoms with Crippen molar-refractivity contribution < 1.29 is 19.0 Å². The average Bonchev–Trinajstić information content (AvgIpc) is 3.20. The minimum absolute atomic E-state index is 0.288. The summed E-state index contributed by atoms with van der Waals surface area (Å²) in [5.74, 6) is 2.84. The smallest absolute Gasteiger partial charge is 0.255 e. The summed E-state index contributed by atoms with van der Waals surface area (Å²) in [5.41, 5.74) is 2.98. The van der Waals surface area contributed by atoms with Gasteiger partial charge in [0.05, 0.1) is 14.2 Å². The highest BCUT2D eigenvalue weighted by molar-refractivity contribution is 6.05. The minimum Gasteiger partial charge on any atom is -0.493 e. The van der Waals surface area contributed by atoms with E-state index in [1.807, 2.05) is 54.6 Å². The number of aromatic nitrogens is 3. The Labute approximate surface area is 216 Å². The van der Waals surface area contributed by atoms with E-state index in [1.54, 1.807) is 12.1 Å². The molecule has 5 rings (SSSR count). The number of hydrogen-bond acceptors (Lipinski definition) is 6. The van der Waals surface area contributed by atoms with Crippen LogP contribution in [0.3, 0.4) is 0 Å². The number of anilines is 1. The van der Waals surface area contributed by atoms with E-state index in [1.165, 1.54) is 20.6 Å². The lowest BCUT2D eigenvalue weighted by Gasteiger charge is -2.16. The van der Waals surface area contributed by atoms with Gasteiger partial charge in [-0.25, -0.2) is 0 Å². The van der Waals surface area contributed by atoms with Gasteiger partial charge in [0.2, 0.25) is 5.75 Å². The zero-order chi connectivity index (χ0) is 25.6. The highest BCUT2D eigenvalue weighted by Gasteiger charge is 2.19. The Hall–Kier alpha value is -4.33. The molecular weight excluding hydrogens is 468 g/mol. The van der Waals surface area contributed by atoms with Crippen molar-refractivity contribution in [3.63, 3.8) is 0 Å². The number of carbonyl (C=O) groups is 1. The molecule has 0 unspecified atom stereocenters. The molecular formula is C29H30N4O4. The number of hydrogen-bond donors (Lipinski definition) is 1. The van der Waals surface area contributed by atoms with Gasteiger partial charge in [-0.05, 0) is 42.7 Å². The van der Waals surface area contributed by atoms with Gasteiger partial charge >= 0.3 is 0 Å². The minimum atomic E-state index is -0.288. The molecule has 3 aromatic carbocycles. The number of nitrogens with one attached hydrogen (secondary N) is 1. The quantitative estimate of drug-likeness (QED) is 0.344. The second kappa shape index (κ2) is 11.2. The molecule has 0 saturated carbocycles. The van der Waals surface area contributed by atoms with Crippen molar-refractivity contribution in [1.29, 1.82) is 0 Å². The van der Waals surface area contributed by atoms with Crippen molar-refractivity contribution in [2.24, 2.45) is 0 Å². The first kappa shape index (κ1) is 24.4. The maximum absolute atomic E-state index is 13.2. The lowest BCUT2D eigenvalue weighted by molar-refractivity contribution is 0.102. The third-order valence-electron chi connectivity index (χ3n) is 6.44. The monoisotopic (exact) mass is 498 g/mol. The van der Waals surface area contributed by atoms with Crippen molar-refractivity contribution in [3.05, 3.63) is 83.7 Å². The number of amides is 1. The van der Waals surface area contributed by atoms with Crippen molar-refractivity contribution in [2.75, 3.05) is 19.5 Å². The molecule has 1 aliphatic heterocycles. The molecule has 0 atom stereocenters. The molecule has 37 heavy (non-hydrogen) atoms. The van der Waals surface area contributed by atoms with Crippen molar-refractivity contribution in [3.8, 4) is 28.6 Å². The Kier molecular flexibility index (Phi) is 7.35. The Morgan fingerprint density at radius 2 is 1.70 bits per heavy atom. The normalized spacial score (nSPS) is 12.8. The number of ether oxygens (including phenoxy) is 3. The summed E-state index contributed by atoms with van der Waals surface area (Å²) < 4.78 is 19.3. The molecule has 2 heterocycles. The summed E-state index contributed by atoms with van der Waals surface area (Å²) in [7, 11) is 3.08. The molecule has 4 aromatic rings. The molecule has 0 bridgehead atoms. The number of carbonyl (C=O) groups excluding carboxylic acids is 1. The van der Waals surface area contributed by atoms with Gasteiger partial charge in [-0.2, -0.15) is 0 Å². The van der Waals surface area contributed by atoms with Crippen LogP contribution in [0.15, 0.2) is 66.7 Å². The van der Waals surface area contributed by atoms with E-state index in [4.69, 9.17) is 14.2 Å². The van der Waals surface area contributed by atoms with Crippen LogP contribution in [0.5, 0.6) is 17.2 Å². The molecule has 0 spiro atoms. The van der Waals surface area contributed by atoms with E-state index < -0.39 is 0 Å². The molecule has 8 nitrogen and oxygen atoms in total. The number of rotatable bonds is 8. The van der Waals surface area contributed by atoms with Gasteiger partial charge < -0.3 is 24.1 Å². The average molecular weight is 499 g/mol. The largest absolute Gasteiger partial charge is 0.493 e. The van der Waals surface area contributed by atoms with Crippen LogP contribution in [0.25, 0.3) is 11.4 Å². The van der Waals surface area contributed by atoms with Crippen molar-refractivity contribution in [1.82, 2.24) is 14.8 Å². The summed E-state index contributed by atoms with van der Waals surface area (Å²) in [6.45, 7) is 1.25. The molecule has 1 aliphatic rings. The molecule has 0 aliphatic carbocycles. The summed E-state index contributed by atoms with van der Waals surface area (Å²) in [5, 5.41) is 11.8. The van der Waals surface area contributed by atoms with Gasteiger partial charge in [0, 0.05) is 29.8 Å². The van der Waals surface area contributed by atoms with Gasteiger partial charge in [-0.15, -0.1) is 10.2 Å². The van der Waals surface area contributed by atoms with E-state index >= 15 is 0 Å². The predicted molar refractivity (Wildman–Crippen MR) is 141 cm³/mol. The van der Waals surface area contributed by atoms with Gasteiger partial charge in [0.25, 0.3) is 5.91 Å². The summed E-state index contributed by atoms with van der Waals surface area (Å²) in [6.07, 6.45) is 4.39. The highest BCUT2D eigenvalue weighted by Crippen LogP contribution is 2.39. The van der Waals surface area contributed by atoms with E-state index in [0.29, 0.717) is 35.1 Å². The van der Waals surface area contributed by atoms with E-state index in [9.17, 15) is 4.79 Å². The number of nitrogens with zero attached hydrogens (tertiary/aromatic N) is 3. The third kappa shape index (κ3) is 5.43. The summed E-state index contributed by atoms with van der Waals surface area (Å²) >= 11 is 0. The lowest BCUT2D eigenvalue weighted by Crippen LogP contribution is -2.13. The fourth-order valence-corrected chi connectivity index (χ4v) is 4.52. The summed E-state index contributed by atoms with van der Waals surface area (Å²) in [6, 6.07) is 20.8. The van der Waals surface area contributed by atoms with Crippen LogP contribution in [0.1, 0.15) is 41.0 Å². The van der Waals surface area contributed by atoms with Gasteiger partial charge in [0.15, 0.2) is 17.3 Å². The molecule has 0 radical (unpaired) electrons. The SMILES string of the molecule is COc1cc(C(=O)Nc2cccc(-c3nnc4n3CCCCC4)c2)cc(OC)c1OCc1ccccc1. The van der Waals surface area contributed by atoms with Crippen LogP contribution in [0.2, 0.25) is 0 Å². The fourth-order valence-electron chi connectivity index (χ4n) is 4.52. The van der Waals surface area contributed by atoms with Crippen LogP contribution < -0.4 is 19.5 Å². The number of methoxy groups -OCH3 is 2. The van der Waals surface area contributed by atoms with Crippen molar-refractivity contribution in [2.45, 2.75) is 38.8 Å². The molecule has 8 heteroatoms. The first-order valence-corrected chi connectivity index (χ1v) is 12.4. The summed E-state index contributed by atoms with van der Waals surface area (Å²) in [4.78, 5) is 13.2. The Balaban J connectivity index is 1.36. The predicted octanol–water partition coefficient (Wildman–Crippen LogP) is 5.52. The van der Waals surface area contributed by atoms with Crippen LogP contribution in [-0.4, -0.2) is 34.9 Å². The Morgan fingerprint density at radius 3 is 2.46 bits per heavy atom. The van der Waals surface area contributed by atoms with Crippen LogP contribution in [0.4, 0.5) is 5.69 Å². The van der Waals surface area contributed by atoms with Crippen LogP contribution >= 0.6 is 0 Å². The number of fused-ring (bicyclic) bond motifs is 1. The van der Waals surface area contributed by atoms with Crippen LogP contribution in [0, 0.1) is 0 Å². The van der Waals surface area contributed by atoms with Gasteiger partial charge in [0.1, 0.15) is 12.4 Å². The maximum atomic E-state index is 13.2. The first-order valence-electron chi connectivity index (χ1n) is 12.4. The van der Waals surface area contributed by atoms with E-state index in [2.05, 4.69) is 20.1 Å². The van der Waals surface area contributed by atoms with E-state index in [0.717, 1.165) is 48.6 Å². The van der Waals surface area contributed by atoms with Crippen LogP contribution in [-0.2, 0) is 19.6 Å². The van der Waals surface area contributed by atoms with Gasteiger partial charge in [-0.1, -0.05) is 48.9 Å². The Bertz CT molecular complexity index is 1360. The zero-order valence-electron chi connectivity index (χ0n) is 21.1. The molecule has 190 valence electrons. The van der Waals surface area contributed by atoms with Gasteiger partial charge in [-0.3, -0.25) is 4.79 Å². The highest BCUT2D eigenvalue weighted by atomic mass is 16.5. The zero-order valence-corrected chi connectivity index (χ0v) is 21.1.